The molecular formula is C56H40N2. The highest BCUT2D eigenvalue weighted by atomic mass is 15.1. The van der Waals surface area contributed by atoms with E-state index in [1.54, 1.807) is 0 Å². The molecule has 58 heavy (non-hydrogen) atoms. The Morgan fingerprint density at radius 3 is 1.26 bits per heavy atom. The minimum Gasteiger partial charge on any atom is -0.310 e. The van der Waals surface area contributed by atoms with Crippen LogP contribution < -0.4 is 9.80 Å². The topological polar surface area (TPSA) is 6.48 Å². The Labute approximate surface area is 340 Å². The number of anilines is 6. The smallest absolute Gasteiger partial charge is 0.0546 e. The van der Waals surface area contributed by atoms with Crippen molar-refractivity contribution in [1.29, 1.82) is 0 Å². The van der Waals surface area contributed by atoms with Crippen LogP contribution in [0, 0.1) is 0 Å². The van der Waals surface area contributed by atoms with Gasteiger partial charge in [-0.05, 0) is 122 Å². The molecule has 2 nitrogen and oxygen atoms in total. The van der Waals surface area contributed by atoms with Gasteiger partial charge in [0.05, 0.1) is 5.69 Å². The molecule has 0 unspecified atom stereocenters. The van der Waals surface area contributed by atoms with Gasteiger partial charge in [-0.1, -0.05) is 170 Å². The van der Waals surface area contributed by atoms with Crippen molar-refractivity contribution in [2.45, 2.75) is 0 Å². The molecule has 0 spiro atoms. The number of para-hydroxylation sites is 2. The number of hydrogen-bond donors (Lipinski definition) is 0. The van der Waals surface area contributed by atoms with Gasteiger partial charge in [0.25, 0.3) is 0 Å². The second-order valence-electron chi connectivity index (χ2n) is 14.6. The molecule has 274 valence electrons. The van der Waals surface area contributed by atoms with Gasteiger partial charge in [-0.2, -0.15) is 0 Å². The molecule has 10 aromatic rings. The second-order valence-corrected chi connectivity index (χ2v) is 14.6. The molecule has 10 aromatic carbocycles. The number of rotatable bonds is 9. The lowest BCUT2D eigenvalue weighted by molar-refractivity contribution is 1.28. The van der Waals surface area contributed by atoms with Crippen molar-refractivity contribution in [3.63, 3.8) is 0 Å². The monoisotopic (exact) mass is 740 g/mol. The lowest BCUT2D eigenvalue weighted by Crippen LogP contribution is -2.11. The van der Waals surface area contributed by atoms with Crippen molar-refractivity contribution >= 4 is 55.7 Å². The summed E-state index contributed by atoms with van der Waals surface area (Å²) >= 11 is 0. The predicted octanol–water partition coefficient (Wildman–Crippen LogP) is 15.9. The molecule has 0 saturated heterocycles. The van der Waals surface area contributed by atoms with Crippen LogP contribution in [0.15, 0.2) is 243 Å². The Hall–Kier alpha value is -7.68. The highest BCUT2D eigenvalue weighted by molar-refractivity contribution is 6.02. The van der Waals surface area contributed by atoms with Crippen LogP contribution in [-0.2, 0) is 0 Å². The highest BCUT2D eigenvalue weighted by Gasteiger charge is 2.20. The minimum atomic E-state index is 1.09. The maximum absolute atomic E-state index is 2.39. The van der Waals surface area contributed by atoms with E-state index in [0.29, 0.717) is 0 Å². The van der Waals surface area contributed by atoms with E-state index in [1.165, 1.54) is 43.8 Å². The zero-order valence-electron chi connectivity index (χ0n) is 32.0. The molecule has 0 fully saturated rings. The van der Waals surface area contributed by atoms with Gasteiger partial charge < -0.3 is 9.80 Å². The first-order valence-electron chi connectivity index (χ1n) is 19.8. The van der Waals surface area contributed by atoms with Crippen LogP contribution in [0.5, 0.6) is 0 Å². The van der Waals surface area contributed by atoms with Gasteiger partial charge >= 0.3 is 0 Å². The summed E-state index contributed by atoms with van der Waals surface area (Å²) in [7, 11) is 0. The molecule has 0 aromatic heterocycles. The van der Waals surface area contributed by atoms with Crippen LogP contribution in [0.3, 0.4) is 0 Å². The molecule has 2 heteroatoms. The molecular weight excluding hydrogens is 701 g/mol. The van der Waals surface area contributed by atoms with Crippen molar-refractivity contribution in [2.75, 3.05) is 9.80 Å². The molecule has 0 amide bonds. The van der Waals surface area contributed by atoms with Gasteiger partial charge in [0.1, 0.15) is 0 Å². The van der Waals surface area contributed by atoms with E-state index in [1.807, 2.05) is 0 Å². The Balaban J connectivity index is 1.12. The van der Waals surface area contributed by atoms with Gasteiger partial charge in [0.2, 0.25) is 0 Å². The molecule has 0 aliphatic carbocycles. The molecule has 0 radical (unpaired) electrons. The first-order chi connectivity index (χ1) is 28.8. The van der Waals surface area contributed by atoms with Gasteiger partial charge in [-0.25, -0.2) is 0 Å². The quantitative estimate of drug-likeness (QED) is 0.145. The fraction of sp³-hybridized carbons (Fsp3) is 0. The third kappa shape index (κ3) is 6.78. The normalized spacial score (nSPS) is 11.1. The Morgan fingerprint density at radius 1 is 0.224 bits per heavy atom. The maximum Gasteiger partial charge on any atom is 0.0546 e. The Morgan fingerprint density at radius 2 is 0.638 bits per heavy atom. The lowest BCUT2D eigenvalue weighted by Gasteiger charge is -2.29. The zero-order chi connectivity index (χ0) is 38.7. The third-order valence-electron chi connectivity index (χ3n) is 11.0. The largest absolute Gasteiger partial charge is 0.310 e. The van der Waals surface area contributed by atoms with E-state index in [4.69, 9.17) is 0 Å². The fourth-order valence-electron chi connectivity index (χ4n) is 8.18. The van der Waals surface area contributed by atoms with Crippen LogP contribution in [0.25, 0.3) is 54.9 Å². The molecule has 0 atom stereocenters. The average Bonchev–Trinajstić information content (AvgIpc) is 3.30. The lowest BCUT2D eigenvalue weighted by atomic mass is 9.96. The molecule has 0 aliphatic rings. The summed E-state index contributed by atoms with van der Waals surface area (Å²) in [6.45, 7) is 0. The number of benzene rings is 10. The fourth-order valence-corrected chi connectivity index (χ4v) is 8.18. The van der Waals surface area contributed by atoms with Crippen molar-refractivity contribution in [3.05, 3.63) is 243 Å². The number of nitrogens with zero attached hydrogens (tertiary/aromatic N) is 2. The van der Waals surface area contributed by atoms with Gasteiger partial charge in [0.15, 0.2) is 0 Å². The summed E-state index contributed by atoms with van der Waals surface area (Å²) in [6, 6.07) is 87.3. The van der Waals surface area contributed by atoms with E-state index < -0.39 is 0 Å². The zero-order valence-corrected chi connectivity index (χ0v) is 32.0. The van der Waals surface area contributed by atoms with Gasteiger partial charge in [0, 0.05) is 34.0 Å². The first-order valence-corrected chi connectivity index (χ1v) is 19.8. The van der Waals surface area contributed by atoms with E-state index in [-0.39, 0.29) is 0 Å². The summed E-state index contributed by atoms with van der Waals surface area (Å²) in [5.41, 5.74) is 13.7. The van der Waals surface area contributed by atoms with Crippen molar-refractivity contribution < 1.29 is 0 Å². The van der Waals surface area contributed by atoms with E-state index in [2.05, 4.69) is 252 Å². The van der Waals surface area contributed by atoms with Crippen molar-refractivity contribution in [3.8, 4) is 33.4 Å². The molecule has 0 heterocycles. The maximum atomic E-state index is 2.39. The van der Waals surface area contributed by atoms with Gasteiger partial charge in [-0.15, -0.1) is 0 Å². The predicted molar refractivity (Wildman–Crippen MR) is 247 cm³/mol. The van der Waals surface area contributed by atoms with Crippen LogP contribution in [0.4, 0.5) is 34.1 Å². The average molecular weight is 741 g/mol. The summed E-state index contributed by atoms with van der Waals surface area (Å²) < 4.78 is 0. The van der Waals surface area contributed by atoms with Crippen LogP contribution in [-0.4, -0.2) is 0 Å². The van der Waals surface area contributed by atoms with Crippen molar-refractivity contribution in [1.82, 2.24) is 0 Å². The first kappa shape index (κ1) is 34.8. The summed E-state index contributed by atoms with van der Waals surface area (Å²) in [5.74, 6) is 0. The minimum absolute atomic E-state index is 1.09. The standard InChI is InChI=1S/C56H40N2/c1-5-17-41(18-6-1)42-29-33-51(34-30-42)58(49-26-11-4-12-27-49)56-39-46-22-14-13-21-45(46)38-55(56)44-31-35-50(36-32-44)57(48-24-9-3-10-25-48)52-37-47-23-15-16-28-53(47)54(40-52)43-19-7-2-8-20-43/h1-40H. The van der Waals surface area contributed by atoms with Crippen LogP contribution >= 0.6 is 0 Å². The summed E-state index contributed by atoms with van der Waals surface area (Å²) in [4.78, 5) is 4.76. The van der Waals surface area contributed by atoms with Crippen LogP contribution in [0.1, 0.15) is 0 Å². The number of hydrogen-bond acceptors (Lipinski definition) is 2. The van der Waals surface area contributed by atoms with E-state index >= 15 is 0 Å². The SMILES string of the molecule is c1ccc(-c2ccc(N(c3ccccc3)c3cc4ccccc4cc3-c3ccc(N(c4ccccc4)c4cc(-c5ccccc5)c5ccccc5c4)cc3)cc2)cc1. The van der Waals surface area contributed by atoms with E-state index in [9.17, 15) is 0 Å². The van der Waals surface area contributed by atoms with Crippen LogP contribution in [0.2, 0.25) is 0 Å². The van der Waals surface area contributed by atoms with E-state index in [0.717, 1.165) is 45.3 Å². The Kier molecular flexibility index (Phi) is 9.27. The third-order valence-corrected chi connectivity index (χ3v) is 11.0. The second kappa shape index (κ2) is 15.5. The summed E-state index contributed by atoms with van der Waals surface area (Å²) in [5, 5.41) is 4.84. The molecule has 0 aliphatic heterocycles. The molecule has 0 bridgehead atoms. The van der Waals surface area contributed by atoms with Gasteiger partial charge in [-0.3, -0.25) is 0 Å². The highest BCUT2D eigenvalue weighted by Crippen LogP contribution is 2.45. The van der Waals surface area contributed by atoms with Crippen molar-refractivity contribution in [2.24, 2.45) is 0 Å². The molecule has 0 saturated carbocycles. The molecule has 0 N–H and O–H groups in total. The summed E-state index contributed by atoms with van der Waals surface area (Å²) in [6.07, 6.45) is 0. The molecule has 10 rings (SSSR count). The Bertz CT molecular complexity index is 2960. The number of fused-ring (bicyclic) bond motifs is 2.